The highest BCUT2D eigenvalue weighted by Gasteiger charge is 2.25. The van der Waals surface area contributed by atoms with Crippen molar-refractivity contribution in [2.45, 2.75) is 64.8 Å². The van der Waals surface area contributed by atoms with Crippen LogP contribution in [0.5, 0.6) is 0 Å². The first-order chi connectivity index (χ1) is 15.6. The van der Waals surface area contributed by atoms with Crippen LogP contribution in [-0.2, 0) is 38.9 Å². The van der Waals surface area contributed by atoms with E-state index >= 15 is 0 Å². The van der Waals surface area contributed by atoms with Crippen LogP contribution in [0.2, 0.25) is 0 Å². The molecule has 2 aromatic heterocycles. The van der Waals surface area contributed by atoms with Crippen molar-refractivity contribution in [3.05, 3.63) is 70.5 Å². The average Bonchev–Trinajstić information content (AvgIpc) is 3.27. The number of aryl methyl sites for hydroxylation is 2. The Bertz CT molecular complexity index is 1320. The van der Waals surface area contributed by atoms with Gasteiger partial charge in [0.1, 0.15) is 0 Å². The molecular formula is C28H34ClN3O. The van der Waals surface area contributed by atoms with Gasteiger partial charge in [0.25, 0.3) is 0 Å². The van der Waals surface area contributed by atoms with E-state index in [2.05, 4.69) is 70.5 Å². The van der Waals surface area contributed by atoms with Gasteiger partial charge in [0.15, 0.2) is 0 Å². The molecule has 0 saturated carbocycles. The highest BCUT2D eigenvalue weighted by atomic mass is 35.5. The molecule has 33 heavy (non-hydrogen) atoms. The van der Waals surface area contributed by atoms with Gasteiger partial charge in [-0.05, 0) is 69.0 Å². The second kappa shape index (κ2) is 8.83. The number of halogens is 1. The van der Waals surface area contributed by atoms with Gasteiger partial charge in [-0.1, -0.05) is 29.8 Å². The molecule has 2 aromatic carbocycles. The van der Waals surface area contributed by atoms with E-state index in [1.807, 2.05) is 0 Å². The molecule has 1 aliphatic carbocycles. The molecule has 4 aromatic rings. The van der Waals surface area contributed by atoms with Crippen molar-refractivity contribution < 1.29 is 5.11 Å². The summed E-state index contributed by atoms with van der Waals surface area (Å²) in [7, 11) is 2.21. The Kier molecular flexibility index (Phi) is 6.02. The fourth-order valence-corrected chi connectivity index (χ4v) is 6.18. The van der Waals surface area contributed by atoms with E-state index in [9.17, 15) is 5.11 Å². The van der Waals surface area contributed by atoms with E-state index in [-0.39, 0.29) is 12.4 Å². The molecule has 1 atom stereocenters. The predicted molar refractivity (Wildman–Crippen MR) is 139 cm³/mol. The summed E-state index contributed by atoms with van der Waals surface area (Å²) in [5, 5.41) is 14.1. The van der Waals surface area contributed by atoms with Crippen LogP contribution in [0.15, 0.2) is 42.5 Å². The molecule has 0 fully saturated rings. The number of hydrogen-bond acceptors (Lipinski definition) is 2. The molecule has 1 unspecified atom stereocenters. The summed E-state index contributed by atoms with van der Waals surface area (Å²) in [5.41, 5.74) is 9.70. The number of nitrogens with zero attached hydrogens (tertiary/aromatic N) is 3. The Morgan fingerprint density at radius 1 is 0.848 bits per heavy atom. The van der Waals surface area contributed by atoms with Gasteiger partial charge in [0, 0.05) is 52.7 Å². The van der Waals surface area contributed by atoms with Crippen LogP contribution < -0.4 is 0 Å². The lowest BCUT2D eigenvalue weighted by Gasteiger charge is -2.25. The summed E-state index contributed by atoms with van der Waals surface area (Å²) >= 11 is 0. The number of aliphatic hydroxyl groups is 1. The minimum atomic E-state index is -0.419. The van der Waals surface area contributed by atoms with Gasteiger partial charge in [0.05, 0.1) is 19.2 Å². The number of aliphatic hydroxyl groups excluding tert-OH is 1. The smallest absolute Gasteiger partial charge is 0.0897 e. The maximum absolute atomic E-state index is 11.4. The number of likely N-dealkylation sites (N-methyl/N-ethyl adjacent to an activating group) is 1. The van der Waals surface area contributed by atoms with E-state index in [0.717, 1.165) is 25.9 Å². The Morgan fingerprint density at radius 3 is 2.36 bits per heavy atom. The zero-order valence-electron chi connectivity index (χ0n) is 19.7. The van der Waals surface area contributed by atoms with Gasteiger partial charge in [-0.25, -0.2) is 0 Å². The van der Waals surface area contributed by atoms with E-state index < -0.39 is 6.10 Å². The monoisotopic (exact) mass is 463 g/mol. The van der Waals surface area contributed by atoms with E-state index in [0.29, 0.717) is 13.1 Å². The largest absolute Gasteiger partial charge is 0.389 e. The maximum atomic E-state index is 11.4. The third-order valence-electron chi connectivity index (χ3n) is 7.67. The first-order valence-electron chi connectivity index (χ1n) is 12.2. The zero-order valence-corrected chi connectivity index (χ0v) is 20.5. The normalized spacial score (nSPS) is 17.1. The molecule has 3 heterocycles. The Labute approximate surface area is 202 Å². The van der Waals surface area contributed by atoms with E-state index in [4.69, 9.17) is 0 Å². The summed E-state index contributed by atoms with van der Waals surface area (Å²) in [5.74, 6) is 0. The summed E-state index contributed by atoms with van der Waals surface area (Å²) < 4.78 is 4.84. The summed E-state index contributed by atoms with van der Waals surface area (Å²) in [6.45, 7) is 5.56. The first kappa shape index (κ1) is 22.5. The van der Waals surface area contributed by atoms with Crippen molar-refractivity contribution in [2.24, 2.45) is 0 Å². The Hall–Kier alpha value is -2.27. The van der Waals surface area contributed by atoms with Crippen LogP contribution in [0.25, 0.3) is 21.8 Å². The number of fused-ring (bicyclic) bond motifs is 6. The third kappa shape index (κ3) is 3.78. The van der Waals surface area contributed by atoms with Gasteiger partial charge >= 0.3 is 0 Å². The van der Waals surface area contributed by atoms with Crippen molar-refractivity contribution in [3.63, 3.8) is 0 Å². The van der Waals surface area contributed by atoms with Gasteiger partial charge < -0.3 is 19.1 Å². The number of hydrogen-bond donors (Lipinski definition) is 1. The minimum absolute atomic E-state index is 0. The summed E-state index contributed by atoms with van der Waals surface area (Å²) in [6.07, 6.45) is 5.46. The highest BCUT2D eigenvalue weighted by molar-refractivity contribution is 5.87. The molecule has 6 rings (SSSR count). The molecule has 1 aliphatic heterocycles. The zero-order chi connectivity index (χ0) is 21.8. The molecule has 0 bridgehead atoms. The lowest BCUT2D eigenvalue weighted by atomic mass is 9.95. The fourth-order valence-electron chi connectivity index (χ4n) is 6.18. The minimum Gasteiger partial charge on any atom is -0.389 e. The average molecular weight is 464 g/mol. The molecule has 0 saturated heterocycles. The van der Waals surface area contributed by atoms with Crippen molar-refractivity contribution in [2.75, 3.05) is 13.6 Å². The van der Waals surface area contributed by atoms with Gasteiger partial charge in [-0.2, -0.15) is 0 Å². The number of rotatable bonds is 4. The quantitative estimate of drug-likeness (QED) is 0.448. The van der Waals surface area contributed by atoms with Crippen LogP contribution in [0.3, 0.4) is 0 Å². The molecule has 4 nitrogen and oxygen atoms in total. The van der Waals surface area contributed by atoms with Crippen molar-refractivity contribution in [1.82, 2.24) is 14.0 Å². The van der Waals surface area contributed by atoms with Crippen LogP contribution in [0.1, 0.15) is 40.9 Å². The van der Waals surface area contributed by atoms with Gasteiger partial charge in [-0.3, -0.25) is 0 Å². The lowest BCUT2D eigenvalue weighted by Crippen LogP contribution is -2.29. The van der Waals surface area contributed by atoms with Crippen LogP contribution >= 0.6 is 12.4 Å². The first-order valence-corrected chi connectivity index (χ1v) is 12.2. The predicted octanol–water partition coefficient (Wildman–Crippen LogP) is 5.25. The topological polar surface area (TPSA) is 33.3 Å². The molecule has 2 aliphatic rings. The highest BCUT2D eigenvalue weighted by Crippen LogP contribution is 2.34. The standard InChI is InChI=1S/C28H33N3O.ClH/c1-19-11-12-27-23(15-19)24-18-29(2)14-13-28(24)31(27)17-20(32)16-30-25-9-5-3-7-21(25)22-8-4-6-10-26(22)30;/h3,5,7,9,11-12,15,20,32H,4,6,8,10,13-14,16-18H2,1-2H3;1H. The van der Waals surface area contributed by atoms with Gasteiger partial charge in [0.2, 0.25) is 0 Å². The van der Waals surface area contributed by atoms with Crippen molar-refractivity contribution in [3.8, 4) is 0 Å². The second-order valence-electron chi connectivity index (χ2n) is 9.96. The number of benzene rings is 2. The van der Waals surface area contributed by atoms with E-state index in [1.165, 1.54) is 69.1 Å². The van der Waals surface area contributed by atoms with Crippen molar-refractivity contribution >= 4 is 34.2 Å². The molecule has 0 spiro atoms. The number of aromatic nitrogens is 2. The molecule has 0 radical (unpaired) electrons. The second-order valence-corrected chi connectivity index (χ2v) is 9.96. The number of para-hydroxylation sites is 1. The summed E-state index contributed by atoms with van der Waals surface area (Å²) in [4.78, 5) is 2.41. The molecule has 1 N–H and O–H groups in total. The Morgan fingerprint density at radius 2 is 1.55 bits per heavy atom. The van der Waals surface area contributed by atoms with E-state index in [1.54, 1.807) is 0 Å². The van der Waals surface area contributed by atoms with Gasteiger partial charge in [-0.15, -0.1) is 12.4 Å². The Balaban J connectivity index is 0.00000228. The SMILES string of the molecule is Cc1ccc2c(c1)c1c(n2CC(O)Cn2c3c(c4ccccc42)CCCC3)CCN(C)C1.Cl. The molecule has 5 heteroatoms. The summed E-state index contributed by atoms with van der Waals surface area (Å²) in [6, 6.07) is 15.5. The molecular weight excluding hydrogens is 430 g/mol. The van der Waals surface area contributed by atoms with Crippen molar-refractivity contribution in [1.29, 1.82) is 0 Å². The van der Waals surface area contributed by atoms with Crippen LogP contribution in [0.4, 0.5) is 0 Å². The molecule has 0 amide bonds. The molecule has 174 valence electrons. The fraction of sp³-hybridized carbons (Fsp3) is 0.429. The third-order valence-corrected chi connectivity index (χ3v) is 7.67. The van der Waals surface area contributed by atoms with Crippen LogP contribution in [-0.4, -0.2) is 38.8 Å². The van der Waals surface area contributed by atoms with Crippen LogP contribution in [0, 0.1) is 6.92 Å². The lowest BCUT2D eigenvalue weighted by molar-refractivity contribution is 0.134. The maximum Gasteiger partial charge on any atom is 0.0897 e.